The van der Waals surface area contributed by atoms with Gasteiger partial charge in [-0.15, -0.1) is 11.8 Å². The van der Waals surface area contributed by atoms with Crippen LogP contribution in [0, 0.1) is 13.8 Å². The van der Waals surface area contributed by atoms with Gasteiger partial charge in [0.1, 0.15) is 24.0 Å². The number of hydrogen-bond acceptors (Lipinski definition) is 5. The van der Waals surface area contributed by atoms with Gasteiger partial charge in [-0.05, 0) is 55.5 Å². The summed E-state index contributed by atoms with van der Waals surface area (Å²) in [5, 5.41) is 0.669. The van der Waals surface area contributed by atoms with Gasteiger partial charge in [0.2, 0.25) is 0 Å². The van der Waals surface area contributed by atoms with E-state index in [0.29, 0.717) is 17.2 Å². The lowest BCUT2D eigenvalue weighted by molar-refractivity contribution is 0.0445. The SMILES string of the molecule is CSc1ncccc1C(=O)OCCOc1cc(C)cc(C)c1. The van der Waals surface area contributed by atoms with Crippen LogP contribution in [0.1, 0.15) is 21.5 Å². The van der Waals surface area contributed by atoms with Crippen molar-refractivity contribution in [2.75, 3.05) is 19.5 Å². The van der Waals surface area contributed by atoms with Gasteiger partial charge in [-0.2, -0.15) is 0 Å². The van der Waals surface area contributed by atoms with Crippen molar-refractivity contribution in [2.45, 2.75) is 18.9 Å². The number of benzene rings is 1. The van der Waals surface area contributed by atoms with Crippen LogP contribution < -0.4 is 4.74 Å². The van der Waals surface area contributed by atoms with Gasteiger partial charge in [-0.1, -0.05) is 6.07 Å². The summed E-state index contributed by atoms with van der Waals surface area (Å²) in [4.78, 5) is 16.2. The second-order valence-electron chi connectivity index (χ2n) is 4.87. The molecule has 0 radical (unpaired) electrons. The predicted octanol–water partition coefficient (Wildman–Crippen LogP) is 3.66. The zero-order valence-electron chi connectivity index (χ0n) is 13.0. The van der Waals surface area contributed by atoms with Crippen LogP contribution >= 0.6 is 11.8 Å². The molecule has 0 N–H and O–H groups in total. The van der Waals surface area contributed by atoms with Gasteiger partial charge >= 0.3 is 5.97 Å². The first-order chi connectivity index (χ1) is 10.6. The molecule has 1 aromatic heterocycles. The number of carbonyl (C=O) groups excluding carboxylic acids is 1. The van der Waals surface area contributed by atoms with Crippen LogP contribution in [0.3, 0.4) is 0 Å². The van der Waals surface area contributed by atoms with Gasteiger partial charge in [0.25, 0.3) is 0 Å². The van der Waals surface area contributed by atoms with E-state index in [1.807, 2.05) is 32.2 Å². The van der Waals surface area contributed by atoms with Crippen LogP contribution in [-0.4, -0.2) is 30.4 Å². The van der Waals surface area contributed by atoms with Crippen molar-refractivity contribution in [3.8, 4) is 5.75 Å². The average molecular weight is 317 g/mol. The fourth-order valence-corrected chi connectivity index (χ4v) is 2.63. The number of esters is 1. The largest absolute Gasteiger partial charge is 0.490 e. The molecule has 0 aliphatic heterocycles. The van der Waals surface area contributed by atoms with Crippen molar-refractivity contribution in [1.82, 2.24) is 4.98 Å². The Bertz CT molecular complexity index is 638. The second-order valence-corrected chi connectivity index (χ2v) is 5.66. The van der Waals surface area contributed by atoms with Gasteiger partial charge in [0.05, 0.1) is 5.56 Å². The first-order valence-electron chi connectivity index (χ1n) is 6.97. The number of hydrogen-bond donors (Lipinski definition) is 0. The molecule has 4 nitrogen and oxygen atoms in total. The van der Waals surface area contributed by atoms with Crippen molar-refractivity contribution in [1.29, 1.82) is 0 Å². The number of rotatable bonds is 6. The quantitative estimate of drug-likeness (QED) is 0.462. The molecule has 22 heavy (non-hydrogen) atoms. The van der Waals surface area contributed by atoms with Gasteiger partial charge < -0.3 is 9.47 Å². The van der Waals surface area contributed by atoms with Crippen LogP contribution in [0.4, 0.5) is 0 Å². The fourth-order valence-electron chi connectivity index (χ4n) is 2.10. The number of aromatic nitrogens is 1. The van der Waals surface area contributed by atoms with Crippen molar-refractivity contribution in [3.05, 3.63) is 53.2 Å². The Morgan fingerprint density at radius 1 is 1.18 bits per heavy atom. The molecule has 0 amide bonds. The van der Waals surface area contributed by atoms with Crippen molar-refractivity contribution in [3.63, 3.8) is 0 Å². The first kappa shape index (κ1) is 16.4. The van der Waals surface area contributed by atoms with E-state index in [2.05, 4.69) is 11.1 Å². The minimum atomic E-state index is -0.374. The number of pyridine rings is 1. The number of aryl methyl sites for hydroxylation is 2. The highest BCUT2D eigenvalue weighted by molar-refractivity contribution is 7.98. The fraction of sp³-hybridized carbons (Fsp3) is 0.294. The molecule has 0 spiro atoms. The molecule has 2 aromatic rings. The molecule has 2 rings (SSSR count). The lowest BCUT2D eigenvalue weighted by Gasteiger charge is -2.10. The normalized spacial score (nSPS) is 10.3. The summed E-state index contributed by atoms with van der Waals surface area (Å²) >= 11 is 1.42. The molecular weight excluding hydrogens is 298 g/mol. The smallest absolute Gasteiger partial charge is 0.341 e. The standard InChI is InChI=1S/C17H19NO3S/c1-12-9-13(2)11-14(10-12)20-7-8-21-17(19)15-5-4-6-18-16(15)22-3/h4-6,9-11H,7-8H2,1-3H3. The van der Waals surface area contributed by atoms with Crippen molar-refractivity contribution >= 4 is 17.7 Å². The van der Waals surface area contributed by atoms with E-state index in [9.17, 15) is 4.79 Å². The number of thioether (sulfide) groups is 1. The van der Waals surface area contributed by atoms with Crippen LogP contribution in [-0.2, 0) is 4.74 Å². The molecule has 0 saturated carbocycles. The molecule has 116 valence electrons. The second kappa shape index (κ2) is 7.84. The Morgan fingerprint density at radius 2 is 1.91 bits per heavy atom. The Hall–Kier alpha value is -2.01. The lowest BCUT2D eigenvalue weighted by atomic mass is 10.1. The van der Waals surface area contributed by atoms with Crippen molar-refractivity contribution < 1.29 is 14.3 Å². The molecule has 0 saturated heterocycles. The van der Waals surface area contributed by atoms with E-state index in [-0.39, 0.29) is 12.6 Å². The minimum absolute atomic E-state index is 0.203. The number of ether oxygens (including phenoxy) is 2. The van der Waals surface area contributed by atoms with Crippen LogP contribution in [0.5, 0.6) is 5.75 Å². The summed E-state index contributed by atoms with van der Waals surface area (Å²) in [5.41, 5.74) is 2.78. The molecule has 0 aliphatic rings. The van der Waals surface area contributed by atoms with E-state index >= 15 is 0 Å². The van der Waals surface area contributed by atoms with E-state index in [1.54, 1.807) is 18.3 Å². The molecular formula is C17H19NO3S. The van der Waals surface area contributed by atoms with Gasteiger partial charge in [-0.25, -0.2) is 9.78 Å². The van der Waals surface area contributed by atoms with Crippen LogP contribution in [0.2, 0.25) is 0 Å². The van der Waals surface area contributed by atoms with Gasteiger partial charge in [0, 0.05) is 6.20 Å². The monoisotopic (exact) mass is 317 g/mol. The van der Waals surface area contributed by atoms with Crippen molar-refractivity contribution in [2.24, 2.45) is 0 Å². The lowest BCUT2D eigenvalue weighted by Crippen LogP contribution is -2.13. The molecule has 1 heterocycles. The Labute approximate surface area is 134 Å². The Morgan fingerprint density at radius 3 is 2.59 bits per heavy atom. The maximum atomic E-state index is 12.0. The molecule has 0 fully saturated rings. The summed E-state index contributed by atoms with van der Waals surface area (Å²) < 4.78 is 10.8. The minimum Gasteiger partial charge on any atom is -0.490 e. The predicted molar refractivity (Wildman–Crippen MR) is 87.7 cm³/mol. The summed E-state index contributed by atoms with van der Waals surface area (Å²) in [6.07, 6.45) is 3.54. The van der Waals surface area contributed by atoms with Crippen LogP contribution in [0.15, 0.2) is 41.6 Å². The highest BCUT2D eigenvalue weighted by Crippen LogP contribution is 2.18. The highest BCUT2D eigenvalue weighted by Gasteiger charge is 2.12. The molecule has 1 aromatic carbocycles. The molecule has 5 heteroatoms. The summed E-state index contributed by atoms with van der Waals surface area (Å²) in [6.45, 7) is 4.57. The van der Waals surface area contributed by atoms with E-state index in [4.69, 9.17) is 9.47 Å². The maximum absolute atomic E-state index is 12.0. The average Bonchev–Trinajstić information content (AvgIpc) is 2.50. The van der Waals surface area contributed by atoms with E-state index in [1.165, 1.54) is 11.8 Å². The van der Waals surface area contributed by atoms with Crippen LogP contribution in [0.25, 0.3) is 0 Å². The maximum Gasteiger partial charge on any atom is 0.341 e. The highest BCUT2D eigenvalue weighted by atomic mass is 32.2. The molecule has 0 atom stereocenters. The first-order valence-corrected chi connectivity index (χ1v) is 8.20. The third kappa shape index (κ3) is 4.49. The topological polar surface area (TPSA) is 48.4 Å². The third-order valence-corrected chi connectivity index (χ3v) is 3.68. The number of nitrogens with zero attached hydrogens (tertiary/aromatic N) is 1. The molecule has 0 unspecified atom stereocenters. The third-order valence-electron chi connectivity index (χ3n) is 2.96. The molecule has 0 bridgehead atoms. The summed E-state index contributed by atoms with van der Waals surface area (Å²) in [5.74, 6) is 0.418. The Balaban J connectivity index is 1.84. The Kier molecular flexibility index (Phi) is 5.83. The zero-order valence-corrected chi connectivity index (χ0v) is 13.8. The summed E-state index contributed by atoms with van der Waals surface area (Å²) in [6, 6.07) is 9.44. The van der Waals surface area contributed by atoms with Gasteiger partial charge in [-0.3, -0.25) is 0 Å². The zero-order chi connectivity index (χ0) is 15.9. The number of carbonyl (C=O) groups is 1. The van der Waals surface area contributed by atoms with E-state index in [0.717, 1.165) is 16.9 Å². The summed E-state index contributed by atoms with van der Waals surface area (Å²) in [7, 11) is 0. The van der Waals surface area contributed by atoms with E-state index < -0.39 is 0 Å². The van der Waals surface area contributed by atoms with Gasteiger partial charge in [0.15, 0.2) is 0 Å². The molecule has 0 aliphatic carbocycles.